The van der Waals surface area contributed by atoms with Crippen molar-refractivity contribution in [2.24, 2.45) is 0 Å². The Morgan fingerprint density at radius 1 is 1.18 bits per heavy atom. The zero-order chi connectivity index (χ0) is 15.4. The highest BCUT2D eigenvalue weighted by Crippen LogP contribution is 2.36. The maximum Gasteiger partial charge on any atom is 0.322 e. The zero-order valence-corrected chi connectivity index (χ0v) is 13.0. The van der Waals surface area contributed by atoms with Gasteiger partial charge >= 0.3 is 6.01 Å². The monoisotopic (exact) mass is 317 g/mol. The fraction of sp³-hybridized carbons (Fsp3) is 0.200. The number of nitrogens with zero attached hydrogens (tertiary/aromatic N) is 2. The molecule has 0 amide bonds. The lowest BCUT2D eigenvalue weighted by Crippen LogP contribution is -1.97. The highest BCUT2D eigenvalue weighted by atomic mass is 32.1. The molecule has 0 unspecified atom stereocenters. The maximum atomic E-state index is 5.38. The van der Waals surface area contributed by atoms with E-state index >= 15 is 0 Å². The van der Waals surface area contributed by atoms with Crippen LogP contribution in [0.4, 0.5) is 6.01 Å². The van der Waals surface area contributed by atoms with Crippen molar-refractivity contribution in [1.82, 2.24) is 10.1 Å². The molecule has 1 N–H and O–H groups in total. The molecule has 1 aromatic carbocycles. The highest BCUT2D eigenvalue weighted by molar-refractivity contribution is 7.09. The molecule has 6 nitrogen and oxygen atoms in total. The van der Waals surface area contributed by atoms with Crippen LogP contribution in [-0.2, 0) is 6.54 Å². The summed E-state index contributed by atoms with van der Waals surface area (Å²) in [5.74, 6) is 1.65. The topological polar surface area (TPSA) is 69.4 Å². The predicted molar refractivity (Wildman–Crippen MR) is 84.5 cm³/mol. The molecule has 3 rings (SSSR count). The SMILES string of the molecule is COc1cccc(-c2noc(NCc3cccs3)n2)c1OC. The van der Waals surface area contributed by atoms with Crippen LogP contribution >= 0.6 is 11.3 Å². The van der Waals surface area contributed by atoms with Gasteiger partial charge in [-0.25, -0.2) is 0 Å². The van der Waals surface area contributed by atoms with E-state index in [-0.39, 0.29) is 0 Å². The van der Waals surface area contributed by atoms with E-state index < -0.39 is 0 Å². The van der Waals surface area contributed by atoms with Crippen LogP contribution in [0.1, 0.15) is 4.88 Å². The molecular weight excluding hydrogens is 302 g/mol. The van der Waals surface area contributed by atoms with E-state index in [2.05, 4.69) is 15.5 Å². The average Bonchev–Trinajstić information content (AvgIpc) is 3.23. The van der Waals surface area contributed by atoms with Crippen LogP contribution in [0.2, 0.25) is 0 Å². The van der Waals surface area contributed by atoms with Crippen molar-refractivity contribution in [3.63, 3.8) is 0 Å². The summed E-state index contributed by atoms with van der Waals surface area (Å²) in [5, 5.41) is 9.12. The molecule has 3 aromatic rings. The Kier molecular flexibility index (Phi) is 4.24. The van der Waals surface area contributed by atoms with E-state index in [1.54, 1.807) is 25.6 Å². The number of hydrogen-bond acceptors (Lipinski definition) is 7. The third kappa shape index (κ3) is 2.89. The molecule has 2 heterocycles. The molecule has 0 aliphatic heterocycles. The van der Waals surface area contributed by atoms with Gasteiger partial charge in [-0.3, -0.25) is 0 Å². The molecule has 0 aliphatic rings. The zero-order valence-electron chi connectivity index (χ0n) is 12.2. The molecule has 0 bridgehead atoms. The summed E-state index contributed by atoms with van der Waals surface area (Å²) in [6, 6.07) is 9.94. The van der Waals surface area contributed by atoms with Gasteiger partial charge in [-0.15, -0.1) is 11.3 Å². The average molecular weight is 317 g/mol. The van der Waals surface area contributed by atoms with E-state index in [0.717, 1.165) is 5.56 Å². The molecule has 114 valence electrons. The van der Waals surface area contributed by atoms with Crippen molar-refractivity contribution < 1.29 is 14.0 Å². The number of para-hydroxylation sites is 1. The van der Waals surface area contributed by atoms with Crippen LogP contribution in [0.5, 0.6) is 11.5 Å². The lowest BCUT2D eigenvalue weighted by atomic mass is 10.2. The second-order valence-corrected chi connectivity index (χ2v) is 5.43. The van der Waals surface area contributed by atoms with Gasteiger partial charge in [0.05, 0.1) is 26.3 Å². The van der Waals surface area contributed by atoms with Crippen LogP contribution in [0.3, 0.4) is 0 Å². The van der Waals surface area contributed by atoms with Gasteiger partial charge in [0.25, 0.3) is 0 Å². The summed E-state index contributed by atoms with van der Waals surface area (Å²) >= 11 is 1.67. The molecule has 0 atom stereocenters. The van der Waals surface area contributed by atoms with E-state index in [9.17, 15) is 0 Å². The van der Waals surface area contributed by atoms with Gasteiger partial charge in [-0.05, 0) is 23.6 Å². The summed E-state index contributed by atoms with van der Waals surface area (Å²) in [6.45, 7) is 0.647. The van der Waals surface area contributed by atoms with Crippen molar-refractivity contribution >= 4 is 17.4 Å². The van der Waals surface area contributed by atoms with Crippen molar-refractivity contribution in [2.45, 2.75) is 6.54 Å². The van der Waals surface area contributed by atoms with Crippen molar-refractivity contribution in [1.29, 1.82) is 0 Å². The largest absolute Gasteiger partial charge is 0.493 e. The molecular formula is C15H15N3O3S. The summed E-state index contributed by atoms with van der Waals surface area (Å²) in [5.41, 5.74) is 0.717. The molecule has 22 heavy (non-hydrogen) atoms. The van der Waals surface area contributed by atoms with Crippen LogP contribution < -0.4 is 14.8 Å². The summed E-state index contributed by atoms with van der Waals surface area (Å²) < 4.78 is 15.9. The van der Waals surface area contributed by atoms with Crippen LogP contribution in [-0.4, -0.2) is 24.4 Å². The Morgan fingerprint density at radius 3 is 2.82 bits per heavy atom. The quantitative estimate of drug-likeness (QED) is 0.751. The fourth-order valence-electron chi connectivity index (χ4n) is 2.04. The number of nitrogens with one attached hydrogen (secondary N) is 1. The predicted octanol–water partition coefficient (Wildman–Crippen LogP) is 3.43. The number of benzene rings is 1. The summed E-state index contributed by atoms with van der Waals surface area (Å²) in [6.07, 6.45) is 0. The first-order chi connectivity index (χ1) is 10.8. The third-order valence-corrected chi connectivity index (χ3v) is 3.94. The number of thiophene rings is 1. The van der Waals surface area contributed by atoms with Gasteiger partial charge in [-0.2, -0.15) is 4.98 Å². The van der Waals surface area contributed by atoms with Gasteiger partial charge < -0.3 is 19.3 Å². The number of ether oxygens (including phenoxy) is 2. The number of methoxy groups -OCH3 is 2. The molecule has 2 aromatic heterocycles. The van der Waals surface area contributed by atoms with Gasteiger partial charge in [0, 0.05) is 4.88 Å². The van der Waals surface area contributed by atoms with Gasteiger partial charge in [-0.1, -0.05) is 17.3 Å². The molecule has 0 aliphatic carbocycles. The van der Waals surface area contributed by atoms with Crippen molar-refractivity contribution in [2.75, 3.05) is 19.5 Å². The molecule has 7 heteroatoms. The fourth-order valence-corrected chi connectivity index (χ4v) is 2.69. The lowest BCUT2D eigenvalue weighted by Gasteiger charge is -2.09. The standard InChI is InChI=1S/C15H15N3O3S/c1-19-12-7-3-6-11(13(12)20-2)14-17-15(21-18-14)16-9-10-5-4-8-22-10/h3-8H,9H2,1-2H3,(H,16,17,18). The Bertz CT molecular complexity index is 740. The number of rotatable bonds is 6. The van der Waals surface area contributed by atoms with Gasteiger partial charge in [0.1, 0.15) is 0 Å². The van der Waals surface area contributed by atoms with E-state index in [1.807, 2.05) is 35.7 Å². The first kappa shape index (κ1) is 14.4. The first-order valence-electron chi connectivity index (χ1n) is 6.63. The third-order valence-electron chi connectivity index (χ3n) is 3.06. The van der Waals surface area contributed by atoms with Crippen LogP contribution in [0.15, 0.2) is 40.2 Å². The van der Waals surface area contributed by atoms with Crippen molar-refractivity contribution in [3.8, 4) is 22.9 Å². The normalized spacial score (nSPS) is 10.5. The van der Waals surface area contributed by atoms with E-state index in [4.69, 9.17) is 14.0 Å². The van der Waals surface area contributed by atoms with Gasteiger partial charge in [0.2, 0.25) is 5.82 Å². The van der Waals surface area contributed by atoms with E-state index in [1.165, 1.54) is 4.88 Å². The molecule has 0 fully saturated rings. The molecule has 0 spiro atoms. The minimum absolute atomic E-state index is 0.369. The van der Waals surface area contributed by atoms with Crippen molar-refractivity contribution in [3.05, 3.63) is 40.6 Å². The lowest BCUT2D eigenvalue weighted by molar-refractivity contribution is 0.355. The summed E-state index contributed by atoms with van der Waals surface area (Å²) in [4.78, 5) is 5.54. The van der Waals surface area contributed by atoms with E-state index in [0.29, 0.717) is 29.9 Å². The summed E-state index contributed by atoms with van der Waals surface area (Å²) in [7, 11) is 3.17. The minimum atomic E-state index is 0.369. The smallest absolute Gasteiger partial charge is 0.322 e. The van der Waals surface area contributed by atoms with Crippen LogP contribution in [0.25, 0.3) is 11.4 Å². The second-order valence-electron chi connectivity index (χ2n) is 4.40. The maximum absolute atomic E-state index is 5.38. The molecule has 0 saturated carbocycles. The van der Waals surface area contributed by atoms with Gasteiger partial charge in [0.15, 0.2) is 11.5 Å². The second kappa shape index (κ2) is 6.48. The Labute approximate surface area is 131 Å². The highest BCUT2D eigenvalue weighted by Gasteiger charge is 2.16. The Morgan fingerprint density at radius 2 is 2.09 bits per heavy atom. The molecule has 0 saturated heterocycles. The van der Waals surface area contributed by atoms with Crippen LogP contribution in [0, 0.1) is 0 Å². The minimum Gasteiger partial charge on any atom is -0.493 e. The Balaban J connectivity index is 1.81. The number of aromatic nitrogens is 2. The Hall–Kier alpha value is -2.54. The number of anilines is 1. The first-order valence-corrected chi connectivity index (χ1v) is 7.51. The number of hydrogen-bond donors (Lipinski definition) is 1. The molecule has 0 radical (unpaired) electrons.